The molecule has 0 aliphatic carbocycles. The zero-order chi connectivity index (χ0) is 13.7. The summed E-state index contributed by atoms with van der Waals surface area (Å²) in [5.41, 5.74) is 2.39. The van der Waals surface area contributed by atoms with Gasteiger partial charge in [0.25, 0.3) is 0 Å². The van der Waals surface area contributed by atoms with E-state index >= 15 is 0 Å². The van der Waals surface area contributed by atoms with Crippen LogP contribution in [0.15, 0.2) is 18.2 Å². The summed E-state index contributed by atoms with van der Waals surface area (Å²) in [6, 6.07) is 6.36. The fourth-order valence-electron chi connectivity index (χ4n) is 2.70. The Bertz CT molecular complexity index is 403. The van der Waals surface area contributed by atoms with E-state index in [0.29, 0.717) is 5.92 Å². The maximum Gasteiger partial charge on any atom is 0.0642 e. The molecule has 1 N–H and O–H groups in total. The predicted molar refractivity (Wildman–Crippen MR) is 81.0 cm³/mol. The highest BCUT2D eigenvalue weighted by molar-refractivity contribution is 6.33. The highest BCUT2D eigenvalue weighted by Gasteiger charge is 2.20. The van der Waals surface area contributed by atoms with Crippen LogP contribution in [0.2, 0.25) is 5.02 Å². The van der Waals surface area contributed by atoms with E-state index in [4.69, 9.17) is 16.3 Å². The summed E-state index contributed by atoms with van der Waals surface area (Å²) in [5.74, 6) is 0.698. The second-order valence-electron chi connectivity index (χ2n) is 5.20. The van der Waals surface area contributed by atoms with Crippen molar-refractivity contribution in [3.8, 4) is 0 Å². The Morgan fingerprint density at radius 3 is 2.68 bits per heavy atom. The van der Waals surface area contributed by atoms with Gasteiger partial charge in [0.15, 0.2) is 0 Å². The number of benzene rings is 1. The molecular weight excluding hydrogens is 260 g/mol. The van der Waals surface area contributed by atoms with E-state index in [9.17, 15) is 0 Å². The van der Waals surface area contributed by atoms with Crippen LogP contribution in [-0.2, 0) is 11.3 Å². The normalized spacial score (nSPS) is 16.9. The lowest BCUT2D eigenvalue weighted by Crippen LogP contribution is -2.35. The van der Waals surface area contributed by atoms with Gasteiger partial charge < -0.3 is 15.0 Å². The third-order valence-electron chi connectivity index (χ3n) is 3.75. The van der Waals surface area contributed by atoms with Crippen molar-refractivity contribution in [3.05, 3.63) is 28.8 Å². The van der Waals surface area contributed by atoms with Gasteiger partial charge in [-0.1, -0.05) is 17.7 Å². The smallest absolute Gasteiger partial charge is 0.0642 e. The number of anilines is 1. The van der Waals surface area contributed by atoms with Crippen molar-refractivity contribution in [2.45, 2.75) is 19.4 Å². The molecule has 0 spiro atoms. The molecule has 106 valence electrons. The molecule has 1 aliphatic heterocycles. The number of methoxy groups -OCH3 is 1. The van der Waals surface area contributed by atoms with Crippen LogP contribution in [0, 0.1) is 5.92 Å². The van der Waals surface area contributed by atoms with Gasteiger partial charge in [-0.25, -0.2) is 0 Å². The summed E-state index contributed by atoms with van der Waals surface area (Å²) in [6.07, 6.45) is 2.37. The van der Waals surface area contributed by atoms with E-state index in [-0.39, 0.29) is 0 Å². The first kappa shape index (κ1) is 14.6. The van der Waals surface area contributed by atoms with Crippen molar-refractivity contribution in [2.24, 2.45) is 5.92 Å². The van der Waals surface area contributed by atoms with Gasteiger partial charge in [0.2, 0.25) is 0 Å². The van der Waals surface area contributed by atoms with Gasteiger partial charge in [0, 0.05) is 33.4 Å². The van der Waals surface area contributed by atoms with Crippen molar-refractivity contribution < 1.29 is 4.74 Å². The van der Waals surface area contributed by atoms with Crippen molar-refractivity contribution in [1.82, 2.24) is 5.32 Å². The van der Waals surface area contributed by atoms with Crippen LogP contribution < -0.4 is 10.2 Å². The van der Waals surface area contributed by atoms with E-state index in [1.807, 2.05) is 7.05 Å². The highest BCUT2D eigenvalue weighted by Crippen LogP contribution is 2.30. The van der Waals surface area contributed by atoms with Crippen LogP contribution in [0.4, 0.5) is 5.69 Å². The molecule has 1 saturated heterocycles. The average Bonchev–Trinajstić information content (AvgIpc) is 2.41. The minimum Gasteiger partial charge on any atom is -0.384 e. The third kappa shape index (κ3) is 3.85. The van der Waals surface area contributed by atoms with E-state index < -0.39 is 0 Å². The van der Waals surface area contributed by atoms with Gasteiger partial charge in [-0.15, -0.1) is 0 Å². The summed E-state index contributed by atoms with van der Waals surface area (Å²) >= 11 is 6.40. The number of nitrogens with zero attached hydrogens (tertiary/aromatic N) is 1. The Balaban J connectivity index is 1.99. The summed E-state index contributed by atoms with van der Waals surface area (Å²) in [7, 11) is 3.73. The number of rotatable bonds is 5. The Labute approximate surface area is 120 Å². The lowest BCUT2D eigenvalue weighted by Gasteiger charge is -2.34. The molecule has 0 aromatic heterocycles. The third-order valence-corrected chi connectivity index (χ3v) is 4.05. The molecule has 0 atom stereocenters. The molecule has 0 unspecified atom stereocenters. The molecule has 2 rings (SSSR count). The zero-order valence-electron chi connectivity index (χ0n) is 11.8. The minimum atomic E-state index is 0.698. The number of halogens is 1. The Morgan fingerprint density at radius 1 is 1.37 bits per heavy atom. The first-order chi connectivity index (χ1) is 9.24. The number of nitrogens with one attached hydrogen (secondary N) is 1. The Kier molecular flexibility index (Phi) is 5.49. The molecule has 0 amide bonds. The Morgan fingerprint density at radius 2 is 2.11 bits per heavy atom. The molecule has 3 nitrogen and oxygen atoms in total. The van der Waals surface area contributed by atoms with Gasteiger partial charge in [-0.05, 0) is 43.5 Å². The molecular formula is C15H23ClN2O. The summed E-state index contributed by atoms with van der Waals surface area (Å²) in [5, 5.41) is 4.00. The van der Waals surface area contributed by atoms with Crippen LogP contribution in [0.25, 0.3) is 0 Å². The van der Waals surface area contributed by atoms with E-state index in [1.54, 1.807) is 7.11 Å². The number of piperidine rings is 1. The quantitative estimate of drug-likeness (QED) is 0.899. The largest absolute Gasteiger partial charge is 0.384 e. The second kappa shape index (κ2) is 7.13. The predicted octanol–water partition coefficient (Wildman–Crippen LogP) is 2.92. The first-order valence-corrected chi connectivity index (χ1v) is 7.29. The van der Waals surface area contributed by atoms with Crippen molar-refractivity contribution >= 4 is 17.3 Å². The SMILES string of the molecule is CNCc1ccc(N2CCC(COC)CC2)c(Cl)c1. The monoisotopic (exact) mass is 282 g/mol. The number of hydrogen-bond acceptors (Lipinski definition) is 3. The lowest BCUT2D eigenvalue weighted by molar-refractivity contribution is 0.139. The molecule has 1 aromatic rings. The number of hydrogen-bond donors (Lipinski definition) is 1. The molecule has 0 bridgehead atoms. The molecule has 0 saturated carbocycles. The zero-order valence-corrected chi connectivity index (χ0v) is 12.5. The fraction of sp³-hybridized carbons (Fsp3) is 0.600. The molecule has 0 radical (unpaired) electrons. The Hall–Kier alpha value is -0.770. The van der Waals surface area contributed by atoms with Gasteiger partial charge in [-0.2, -0.15) is 0 Å². The van der Waals surface area contributed by atoms with Crippen LogP contribution >= 0.6 is 11.6 Å². The van der Waals surface area contributed by atoms with Gasteiger partial charge >= 0.3 is 0 Å². The first-order valence-electron chi connectivity index (χ1n) is 6.91. The average molecular weight is 283 g/mol. The maximum absolute atomic E-state index is 6.40. The molecule has 4 heteroatoms. The van der Waals surface area contributed by atoms with E-state index in [2.05, 4.69) is 28.4 Å². The van der Waals surface area contributed by atoms with Crippen LogP contribution in [0.1, 0.15) is 18.4 Å². The highest BCUT2D eigenvalue weighted by atomic mass is 35.5. The summed E-state index contributed by atoms with van der Waals surface area (Å²) in [6.45, 7) is 3.87. The molecule has 1 heterocycles. The number of ether oxygens (including phenoxy) is 1. The van der Waals surface area contributed by atoms with Crippen LogP contribution in [-0.4, -0.2) is 33.9 Å². The van der Waals surface area contributed by atoms with Gasteiger partial charge in [-0.3, -0.25) is 0 Å². The van der Waals surface area contributed by atoms with E-state index in [0.717, 1.165) is 37.0 Å². The van der Waals surface area contributed by atoms with Crippen molar-refractivity contribution in [3.63, 3.8) is 0 Å². The maximum atomic E-state index is 6.40. The van der Waals surface area contributed by atoms with Crippen molar-refractivity contribution in [2.75, 3.05) is 38.8 Å². The van der Waals surface area contributed by atoms with Crippen molar-refractivity contribution in [1.29, 1.82) is 0 Å². The van der Waals surface area contributed by atoms with E-state index in [1.165, 1.54) is 18.4 Å². The summed E-state index contributed by atoms with van der Waals surface area (Å²) < 4.78 is 5.24. The van der Waals surface area contributed by atoms with Crippen LogP contribution in [0.3, 0.4) is 0 Å². The molecule has 1 fully saturated rings. The minimum absolute atomic E-state index is 0.698. The summed E-state index contributed by atoms with van der Waals surface area (Å²) in [4.78, 5) is 2.39. The molecule has 1 aromatic carbocycles. The lowest BCUT2D eigenvalue weighted by atomic mass is 9.97. The van der Waals surface area contributed by atoms with Crippen LogP contribution in [0.5, 0.6) is 0 Å². The molecule has 1 aliphatic rings. The van der Waals surface area contributed by atoms with Gasteiger partial charge in [0.1, 0.15) is 0 Å². The second-order valence-corrected chi connectivity index (χ2v) is 5.61. The topological polar surface area (TPSA) is 24.5 Å². The molecule has 19 heavy (non-hydrogen) atoms. The fourth-order valence-corrected chi connectivity index (χ4v) is 3.02. The van der Waals surface area contributed by atoms with Gasteiger partial charge in [0.05, 0.1) is 10.7 Å². The standard InChI is InChI=1S/C15H23ClN2O/c1-17-10-13-3-4-15(14(16)9-13)18-7-5-12(6-8-18)11-19-2/h3-4,9,12,17H,5-8,10-11H2,1-2H3.